The predicted octanol–water partition coefficient (Wildman–Crippen LogP) is 1.86. The van der Waals surface area contributed by atoms with Gasteiger partial charge in [-0.25, -0.2) is 4.98 Å². The van der Waals surface area contributed by atoms with E-state index in [-0.39, 0.29) is 0 Å². The predicted molar refractivity (Wildman–Crippen MR) is 43.5 cm³/mol. The van der Waals surface area contributed by atoms with Crippen molar-refractivity contribution < 1.29 is 4.74 Å². The highest BCUT2D eigenvalue weighted by Gasteiger charge is 1.88. The molecule has 3 heteroatoms. The maximum Gasteiger partial charge on any atom is 0.213 e. The molecule has 10 heavy (non-hydrogen) atoms. The molecule has 54 valence electrons. The van der Waals surface area contributed by atoms with Gasteiger partial charge in [-0.2, -0.15) is 0 Å². The van der Waals surface area contributed by atoms with Crippen LogP contribution in [0.25, 0.3) is 0 Å². The lowest BCUT2D eigenvalue weighted by Gasteiger charge is -1.99. The molecule has 0 unspecified atom stereocenters. The average Bonchev–Trinajstić information content (AvgIpc) is 2.03. The van der Waals surface area contributed by atoms with Gasteiger partial charge in [-0.15, -0.1) is 0 Å². The Kier molecular flexibility index (Phi) is 3.22. The summed E-state index contributed by atoms with van der Waals surface area (Å²) in [6.45, 7) is 0.664. The van der Waals surface area contributed by atoms with E-state index < -0.39 is 0 Å². The van der Waals surface area contributed by atoms with Crippen LogP contribution in [0.3, 0.4) is 0 Å². The van der Waals surface area contributed by atoms with Gasteiger partial charge in [-0.3, -0.25) is 0 Å². The first-order valence-corrected chi connectivity index (χ1v) is 4.15. The molecule has 0 aliphatic rings. The summed E-state index contributed by atoms with van der Waals surface area (Å²) in [4.78, 5) is 3.97. The summed E-state index contributed by atoms with van der Waals surface area (Å²) in [5, 5.41) is 0.837. The number of nitrogens with zero attached hydrogens (tertiary/aromatic N) is 1. The molecule has 1 rings (SSSR count). The monoisotopic (exact) mass is 201 g/mol. The number of aromatic nitrogens is 1. The zero-order valence-corrected chi connectivity index (χ0v) is 7.04. The van der Waals surface area contributed by atoms with E-state index in [1.54, 1.807) is 6.20 Å². The van der Waals surface area contributed by atoms with Gasteiger partial charge in [-0.1, -0.05) is 22.0 Å². The number of rotatable bonds is 3. The fourth-order valence-electron chi connectivity index (χ4n) is 0.576. The molecule has 0 amide bonds. The second-order valence-corrected chi connectivity index (χ2v) is 2.50. The standard InChI is InChI=1S/C7H8BrNO/c8-4-6-10-7-3-1-2-5-9-7/h1-3,5H,4,6H2. The van der Waals surface area contributed by atoms with E-state index in [1.165, 1.54) is 0 Å². The van der Waals surface area contributed by atoms with Crippen molar-refractivity contribution in [3.8, 4) is 5.88 Å². The number of pyridine rings is 1. The highest BCUT2D eigenvalue weighted by atomic mass is 79.9. The molecule has 0 spiro atoms. The van der Waals surface area contributed by atoms with Crippen LogP contribution in [0.4, 0.5) is 0 Å². The Morgan fingerprint density at radius 2 is 2.40 bits per heavy atom. The molecule has 0 fully saturated rings. The molecule has 1 aromatic rings. The lowest BCUT2D eigenvalue weighted by Crippen LogP contribution is -1.98. The second kappa shape index (κ2) is 4.28. The molecule has 0 aliphatic carbocycles. The summed E-state index contributed by atoms with van der Waals surface area (Å²) in [6, 6.07) is 5.60. The van der Waals surface area contributed by atoms with Gasteiger partial charge in [0, 0.05) is 17.6 Å². The molecule has 0 saturated carbocycles. The highest BCUT2D eigenvalue weighted by Crippen LogP contribution is 2.02. The van der Waals surface area contributed by atoms with E-state index in [0.717, 1.165) is 5.33 Å². The minimum Gasteiger partial charge on any atom is -0.477 e. The van der Waals surface area contributed by atoms with Crippen LogP contribution in [0.5, 0.6) is 5.88 Å². The zero-order valence-electron chi connectivity index (χ0n) is 5.46. The molecule has 0 N–H and O–H groups in total. The summed E-state index contributed by atoms with van der Waals surface area (Å²) in [5.74, 6) is 0.682. The van der Waals surface area contributed by atoms with E-state index in [0.29, 0.717) is 12.5 Å². The molecule has 0 aromatic carbocycles. The smallest absolute Gasteiger partial charge is 0.213 e. The van der Waals surface area contributed by atoms with E-state index in [9.17, 15) is 0 Å². The van der Waals surface area contributed by atoms with Crippen molar-refractivity contribution in [2.24, 2.45) is 0 Å². The van der Waals surface area contributed by atoms with Gasteiger partial charge >= 0.3 is 0 Å². The van der Waals surface area contributed by atoms with Gasteiger partial charge in [0.2, 0.25) is 5.88 Å². The van der Waals surface area contributed by atoms with Crippen LogP contribution in [0.2, 0.25) is 0 Å². The highest BCUT2D eigenvalue weighted by molar-refractivity contribution is 9.09. The van der Waals surface area contributed by atoms with E-state index in [2.05, 4.69) is 20.9 Å². The van der Waals surface area contributed by atoms with Crippen LogP contribution in [0.15, 0.2) is 24.4 Å². The SMILES string of the molecule is BrCCOc1ccccn1. The van der Waals surface area contributed by atoms with Gasteiger partial charge in [0.25, 0.3) is 0 Å². The van der Waals surface area contributed by atoms with Crippen LogP contribution in [0.1, 0.15) is 0 Å². The summed E-state index contributed by atoms with van der Waals surface area (Å²) < 4.78 is 5.20. The molecular weight excluding hydrogens is 194 g/mol. The quantitative estimate of drug-likeness (QED) is 0.698. The molecule has 0 bridgehead atoms. The first-order valence-electron chi connectivity index (χ1n) is 3.03. The normalized spacial score (nSPS) is 9.30. The van der Waals surface area contributed by atoms with Crippen LogP contribution in [-0.2, 0) is 0 Å². The van der Waals surface area contributed by atoms with Crippen LogP contribution >= 0.6 is 15.9 Å². The Bertz CT molecular complexity index is 178. The molecule has 0 saturated heterocycles. The first-order chi connectivity index (χ1) is 4.93. The summed E-state index contributed by atoms with van der Waals surface area (Å²) in [5.41, 5.74) is 0. The van der Waals surface area contributed by atoms with Crippen molar-refractivity contribution in [1.82, 2.24) is 4.98 Å². The molecular formula is C7H8BrNO. The Labute approximate surface area is 68.4 Å². The Hall–Kier alpha value is -0.570. The molecule has 0 atom stereocenters. The Morgan fingerprint density at radius 1 is 1.50 bits per heavy atom. The zero-order chi connectivity index (χ0) is 7.23. The van der Waals surface area contributed by atoms with Crippen molar-refractivity contribution in [2.75, 3.05) is 11.9 Å². The number of alkyl halides is 1. The van der Waals surface area contributed by atoms with E-state index in [4.69, 9.17) is 4.74 Å². The van der Waals surface area contributed by atoms with Gasteiger partial charge < -0.3 is 4.74 Å². The molecule has 2 nitrogen and oxygen atoms in total. The number of ether oxygens (including phenoxy) is 1. The number of hydrogen-bond acceptors (Lipinski definition) is 2. The van der Waals surface area contributed by atoms with Crippen molar-refractivity contribution in [3.63, 3.8) is 0 Å². The summed E-state index contributed by atoms with van der Waals surface area (Å²) in [6.07, 6.45) is 1.71. The van der Waals surface area contributed by atoms with Crippen molar-refractivity contribution in [2.45, 2.75) is 0 Å². The van der Waals surface area contributed by atoms with E-state index in [1.807, 2.05) is 18.2 Å². The third-order valence-corrected chi connectivity index (χ3v) is 1.29. The molecule has 0 radical (unpaired) electrons. The van der Waals surface area contributed by atoms with Crippen LogP contribution in [-0.4, -0.2) is 16.9 Å². The number of hydrogen-bond donors (Lipinski definition) is 0. The number of halogens is 1. The van der Waals surface area contributed by atoms with Gasteiger partial charge in [0.1, 0.15) is 0 Å². The molecule has 0 aliphatic heterocycles. The minimum atomic E-state index is 0.664. The third kappa shape index (κ3) is 2.35. The first kappa shape index (κ1) is 7.54. The van der Waals surface area contributed by atoms with E-state index >= 15 is 0 Å². The minimum absolute atomic E-state index is 0.664. The van der Waals surface area contributed by atoms with Crippen molar-refractivity contribution in [1.29, 1.82) is 0 Å². The molecule has 1 heterocycles. The maximum atomic E-state index is 5.20. The summed E-state index contributed by atoms with van der Waals surface area (Å²) >= 11 is 3.25. The third-order valence-electron chi connectivity index (χ3n) is 0.965. The fourth-order valence-corrected chi connectivity index (χ4v) is 0.737. The topological polar surface area (TPSA) is 22.1 Å². The lowest BCUT2D eigenvalue weighted by atomic mass is 10.5. The van der Waals surface area contributed by atoms with Gasteiger partial charge in [-0.05, 0) is 6.07 Å². The van der Waals surface area contributed by atoms with Crippen molar-refractivity contribution >= 4 is 15.9 Å². The van der Waals surface area contributed by atoms with Crippen LogP contribution < -0.4 is 4.74 Å². The van der Waals surface area contributed by atoms with Gasteiger partial charge in [0.05, 0.1) is 6.61 Å². The average molecular weight is 202 g/mol. The van der Waals surface area contributed by atoms with Gasteiger partial charge in [0.15, 0.2) is 0 Å². The second-order valence-electron chi connectivity index (χ2n) is 1.71. The largest absolute Gasteiger partial charge is 0.477 e. The molecule has 1 aromatic heterocycles. The van der Waals surface area contributed by atoms with Crippen LogP contribution in [0, 0.1) is 0 Å². The Morgan fingerprint density at radius 3 is 3.00 bits per heavy atom. The fraction of sp³-hybridized carbons (Fsp3) is 0.286. The van der Waals surface area contributed by atoms with Crippen molar-refractivity contribution in [3.05, 3.63) is 24.4 Å². The lowest BCUT2D eigenvalue weighted by molar-refractivity contribution is 0.331. The summed E-state index contributed by atoms with van der Waals surface area (Å²) in [7, 11) is 0. The maximum absolute atomic E-state index is 5.20. The Balaban J connectivity index is 2.43.